The minimum absolute atomic E-state index is 0. The fourth-order valence-electron chi connectivity index (χ4n) is 2.88. The Labute approximate surface area is 196 Å². The summed E-state index contributed by atoms with van der Waals surface area (Å²) in [5.41, 5.74) is 1.29. The maximum atomic E-state index is 12.7. The van der Waals surface area contributed by atoms with Gasteiger partial charge >= 0.3 is 6.61 Å². The molecule has 0 bridgehead atoms. The molecule has 168 valence electrons. The summed E-state index contributed by atoms with van der Waals surface area (Å²) in [6.07, 6.45) is 2.55. The lowest BCUT2D eigenvalue weighted by Gasteiger charge is -2.13. The van der Waals surface area contributed by atoms with E-state index in [0.717, 1.165) is 11.5 Å². The molecule has 0 unspecified atom stereocenters. The number of halogens is 3. The number of alkyl halides is 2. The van der Waals surface area contributed by atoms with Crippen LogP contribution in [0.3, 0.4) is 0 Å². The van der Waals surface area contributed by atoms with Gasteiger partial charge in [0.05, 0.1) is 13.7 Å². The lowest BCUT2D eigenvalue weighted by Crippen LogP contribution is -2.38. The summed E-state index contributed by atoms with van der Waals surface area (Å²) in [4.78, 5) is 4.48. The van der Waals surface area contributed by atoms with Gasteiger partial charge in [0.25, 0.3) is 0 Å². The fourth-order valence-corrected chi connectivity index (χ4v) is 2.88. The minimum atomic E-state index is -2.91. The maximum absolute atomic E-state index is 12.7. The molecule has 1 aromatic carbocycles. The fraction of sp³-hybridized carbons (Fsp3) is 0.350. The SMILES string of the molecule is CCNC(=NCc1cc(OC)ccc1OC(F)F)NCCc1nnc2ccccn12.I. The zero-order valence-corrected chi connectivity index (χ0v) is 19.5. The van der Waals surface area contributed by atoms with Crippen molar-refractivity contribution >= 4 is 35.6 Å². The molecule has 0 aliphatic rings. The first-order valence-electron chi connectivity index (χ1n) is 9.53. The highest BCUT2D eigenvalue weighted by Gasteiger charge is 2.11. The number of aliphatic imine (C=N–C) groups is 1. The van der Waals surface area contributed by atoms with Gasteiger partial charge in [0.15, 0.2) is 11.6 Å². The number of nitrogens with zero attached hydrogens (tertiary/aromatic N) is 4. The number of hydrogen-bond donors (Lipinski definition) is 2. The molecule has 0 atom stereocenters. The molecule has 2 N–H and O–H groups in total. The quantitative estimate of drug-likeness (QED) is 0.244. The molecule has 31 heavy (non-hydrogen) atoms. The standard InChI is InChI=1S/C20H24F2N6O2.HI/c1-3-23-20(24-10-9-18-27-26-17-6-4-5-11-28(17)18)25-13-14-12-15(29-2)7-8-16(14)30-19(21)22;/h4-8,11-12,19H,3,9-10,13H2,1-2H3,(H2,23,24,25);1H. The van der Waals surface area contributed by atoms with E-state index in [2.05, 4.69) is 30.6 Å². The van der Waals surface area contributed by atoms with Crippen LogP contribution in [0.2, 0.25) is 0 Å². The van der Waals surface area contributed by atoms with Crippen molar-refractivity contribution in [2.24, 2.45) is 4.99 Å². The molecule has 3 rings (SSSR count). The van der Waals surface area contributed by atoms with Crippen LogP contribution in [0.1, 0.15) is 18.3 Å². The number of methoxy groups -OCH3 is 1. The Bertz CT molecular complexity index is 999. The molecule has 0 amide bonds. The highest BCUT2D eigenvalue weighted by Crippen LogP contribution is 2.26. The Hall–Kier alpha value is -2.70. The van der Waals surface area contributed by atoms with Crippen LogP contribution in [0.15, 0.2) is 47.6 Å². The zero-order chi connectivity index (χ0) is 21.3. The molecule has 0 saturated carbocycles. The molecule has 0 fully saturated rings. The van der Waals surface area contributed by atoms with Crippen molar-refractivity contribution < 1.29 is 18.3 Å². The molecule has 8 nitrogen and oxygen atoms in total. The van der Waals surface area contributed by atoms with Gasteiger partial charge in [-0.05, 0) is 37.3 Å². The van der Waals surface area contributed by atoms with E-state index in [1.54, 1.807) is 12.1 Å². The van der Waals surface area contributed by atoms with Gasteiger partial charge in [-0.2, -0.15) is 8.78 Å². The van der Waals surface area contributed by atoms with Crippen molar-refractivity contribution in [3.63, 3.8) is 0 Å². The summed E-state index contributed by atoms with van der Waals surface area (Å²) >= 11 is 0. The summed E-state index contributed by atoms with van der Waals surface area (Å²) in [6.45, 7) is 0.395. The van der Waals surface area contributed by atoms with Crippen LogP contribution in [-0.4, -0.2) is 47.4 Å². The van der Waals surface area contributed by atoms with E-state index < -0.39 is 6.61 Å². The number of rotatable bonds is 9. The van der Waals surface area contributed by atoms with Crippen molar-refractivity contribution in [2.45, 2.75) is 26.5 Å². The van der Waals surface area contributed by atoms with Crippen molar-refractivity contribution in [2.75, 3.05) is 20.2 Å². The molecule has 2 heterocycles. The van der Waals surface area contributed by atoms with Crippen molar-refractivity contribution in [1.82, 2.24) is 25.2 Å². The molecule has 0 radical (unpaired) electrons. The van der Waals surface area contributed by atoms with Gasteiger partial charge in [0, 0.05) is 31.3 Å². The normalized spacial score (nSPS) is 11.3. The topological polar surface area (TPSA) is 85.1 Å². The van der Waals surface area contributed by atoms with Crippen molar-refractivity contribution in [3.05, 3.63) is 54.0 Å². The average Bonchev–Trinajstić information content (AvgIpc) is 3.15. The highest BCUT2D eigenvalue weighted by atomic mass is 127. The summed E-state index contributed by atoms with van der Waals surface area (Å²) in [7, 11) is 1.51. The Balaban J connectivity index is 0.00000341. The molecule has 0 saturated heterocycles. The van der Waals surface area contributed by atoms with Crippen LogP contribution >= 0.6 is 24.0 Å². The molecule has 0 aliphatic heterocycles. The molecule has 3 aromatic rings. The number of aromatic nitrogens is 3. The number of nitrogens with one attached hydrogen (secondary N) is 2. The maximum Gasteiger partial charge on any atom is 0.387 e. The number of ether oxygens (including phenoxy) is 2. The summed E-state index contributed by atoms with van der Waals surface area (Å²) in [5.74, 6) is 1.99. The third kappa shape index (κ3) is 6.91. The van der Waals surface area contributed by atoms with Crippen LogP contribution in [0, 0.1) is 0 Å². The predicted molar refractivity (Wildman–Crippen MR) is 125 cm³/mol. The van der Waals surface area contributed by atoms with E-state index in [1.807, 2.05) is 35.7 Å². The number of fused-ring (bicyclic) bond motifs is 1. The first kappa shape index (κ1) is 24.6. The van der Waals surface area contributed by atoms with Gasteiger partial charge < -0.3 is 20.1 Å². The van der Waals surface area contributed by atoms with Gasteiger partial charge in [-0.3, -0.25) is 4.40 Å². The minimum Gasteiger partial charge on any atom is -0.497 e. The first-order chi connectivity index (χ1) is 14.6. The van der Waals surface area contributed by atoms with Crippen LogP contribution in [-0.2, 0) is 13.0 Å². The second-order valence-electron chi connectivity index (χ2n) is 6.27. The van der Waals surface area contributed by atoms with E-state index in [4.69, 9.17) is 4.74 Å². The largest absolute Gasteiger partial charge is 0.497 e. The predicted octanol–water partition coefficient (Wildman–Crippen LogP) is 3.26. The molecule has 2 aromatic heterocycles. The number of guanidine groups is 1. The zero-order valence-electron chi connectivity index (χ0n) is 17.2. The highest BCUT2D eigenvalue weighted by molar-refractivity contribution is 14.0. The third-order valence-electron chi connectivity index (χ3n) is 4.26. The van der Waals surface area contributed by atoms with Crippen LogP contribution in [0.25, 0.3) is 5.65 Å². The van der Waals surface area contributed by atoms with Crippen LogP contribution < -0.4 is 20.1 Å². The monoisotopic (exact) mass is 546 g/mol. The Morgan fingerprint density at radius 3 is 2.77 bits per heavy atom. The second kappa shape index (κ2) is 12.2. The third-order valence-corrected chi connectivity index (χ3v) is 4.26. The lowest BCUT2D eigenvalue weighted by molar-refractivity contribution is -0.0504. The Kier molecular flexibility index (Phi) is 9.69. The number of benzene rings is 1. The second-order valence-corrected chi connectivity index (χ2v) is 6.27. The van der Waals surface area contributed by atoms with Gasteiger partial charge in [-0.1, -0.05) is 6.07 Å². The molecule has 0 spiro atoms. The van der Waals surface area contributed by atoms with E-state index >= 15 is 0 Å². The smallest absolute Gasteiger partial charge is 0.387 e. The van der Waals surface area contributed by atoms with Crippen molar-refractivity contribution in [3.8, 4) is 11.5 Å². The molecular weight excluding hydrogens is 521 g/mol. The molecular formula is C20H25F2IN6O2. The summed E-state index contributed by atoms with van der Waals surface area (Å²) < 4.78 is 37.1. The van der Waals surface area contributed by atoms with Gasteiger partial charge in [0.1, 0.15) is 17.3 Å². The van der Waals surface area contributed by atoms with E-state index in [-0.39, 0.29) is 36.3 Å². The van der Waals surface area contributed by atoms with Crippen molar-refractivity contribution in [1.29, 1.82) is 0 Å². The number of pyridine rings is 1. The molecule has 11 heteroatoms. The van der Waals surface area contributed by atoms with E-state index in [1.165, 1.54) is 13.2 Å². The Morgan fingerprint density at radius 2 is 2.03 bits per heavy atom. The Morgan fingerprint density at radius 1 is 1.19 bits per heavy atom. The van der Waals surface area contributed by atoms with Crippen LogP contribution in [0.5, 0.6) is 11.5 Å². The summed E-state index contributed by atoms with van der Waals surface area (Å²) in [5, 5.41) is 14.7. The molecule has 0 aliphatic carbocycles. The van der Waals surface area contributed by atoms with E-state index in [0.29, 0.717) is 36.8 Å². The average molecular weight is 546 g/mol. The number of hydrogen-bond acceptors (Lipinski definition) is 5. The van der Waals surface area contributed by atoms with E-state index in [9.17, 15) is 8.78 Å². The van der Waals surface area contributed by atoms with Gasteiger partial charge in [-0.25, -0.2) is 4.99 Å². The first-order valence-corrected chi connectivity index (χ1v) is 9.53. The summed E-state index contributed by atoms with van der Waals surface area (Å²) in [6, 6.07) is 10.4. The van der Waals surface area contributed by atoms with Gasteiger partial charge in [0.2, 0.25) is 0 Å². The lowest BCUT2D eigenvalue weighted by atomic mass is 10.2. The van der Waals surface area contributed by atoms with Crippen LogP contribution in [0.4, 0.5) is 8.78 Å². The van der Waals surface area contributed by atoms with Gasteiger partial charge in [-0.15, -0.1) is 34.2 Å².